The van der Waals surface area contributed by atoms with Gasteiger partial charge in [-0.25, -0.2) is 38.4 Å². The number of nitrogens with one attached hydrogen (secondary N) is 1. The molecule has 0 aliphatic heterocycles. The quantitative estimate of drug-likeness (QED) is 0.0356. The molecule has 0 bridgehead atoms. The van der Waals surface area contributed by atoms with Gasteiger partial charge >= 0.3 is 0 Å². The van der Waals surface area contributed by atoms with Crippen LogP contribution in [0.15, 0.2) is 197 Å². The first-order chi connectivity index (χ1) is 56.6. The van der Waals surface area contributed by atoms with E-state index in [4.69, 9.17) is 24.4 Å². The minimum absolute atomic E-state index is 0.00215. The van der Waals surface area contributed by atoms with Crippen molar-refractivity contribution in [3.05, 3.63) is 262 Å². The van der Waals surface area contributed by atoms with E-state index < -0.39 is 16.1 Å². The predicted molar refractivity (Wildman–Crippen MR) is 485 cm³/mol. The van der Waals surface area contributed by atoms with E-state index in [1.54, 1.807) is 51.1 Å². The maximum absolute atomic E-state index is 13.8. The monoisotopic (exact) mass is 1780 g/mol. The molecule has 2 aliphatic rings. The second kappa shape index (κ2) is 32.7. The Morgan fingerprint density at radius 3 is 1.21 bits per heavy atom. The normalized spacial score (nSPS) is 13.8. The number of rotatable bonds is 23. The van der Waals surface area contributed by atoms with Gasteiger partial charge in [-0.1, -0.05) is 199 Å². The summed E-state index contributed by atoms with van der Waals surface area (Å²) in [4.78, 5) is 55.8. The summed E-state index contributed by atoms with van der Waals surface area (Å²) in [6.45, 7) is 17.5. The van der Waals surface area contributed by atoms with Gasteiger partial charge in [0.2, 0.25) is 0 Å². The van der Waals surface area contributed by atoms with Gasteiger partial charge in [-0.2, -0.15) is 30.6 Å². The summed E-state index contributed by atoms with van der Waals surface area (Å²) in [5, 5.41) is 41.0. The van der Waals surface area contributed by atoms with Crippen molar-refractivity contribution in [3.63, 3.8) is 0 Å². The van der Waals surface area contributed by atoms with Crippen molar-refractivity contribution >= 4 is 178 Å². The average molecular weight is 1780 g/mol. The molecule has 0 amide bonds. The molecule has 30 heteroatoms. The van der Waals surface area contributed by atoms with Gasteiger partial charge in [0.05, 0.1) is 87.5 Å². The number of thiazole rings is 3. The zero-order chi connectivity index (χ0) is 81.1. The summed E-state index contributed by atoms with van der Waals surface area (Å²) in [6, 6.07) is 51.9. The van der Waals surface area contributed by atoms with Crippen molar-refractivity contribution in [3.8, 4) is 0 Å². The first-order valence-electron chi connectivity index (χ1n) is 39.4. The number of H-pyrrole nitrogens is 1. The van der Waals surface area contributed by atoms with Crippen molar-refractivity contribution in [2.24, 2.45) is 21.1 Å². The summed E-state index contributed by atoms with van der Waals surface area (Å²) >= 11 is 11.4. The summed E-state index contributed by atoms with van der Waals surface area (Å²) < 4.78 is 29.1. The van der Waals surface area contributed by atoms with Crippen LogP contribution >= 0.6 is 65.9 Å². The Bertz CT molecular complexity index is 6890. The van der Waals surface area contributed by atoms with Gasteiger partial charge in [0.1, 0.15) is 45.0 Å². The van der Waals surface area contributed by atoms with Gasteiger partial charge < -0.3 is 23.2 Å². The summed E-state index contributed by atoms with van der Waals surface area (Å²) in [7, 11) is 3.50. The molecule has 0 unspecified atom stereocenters. The van der Waals surface area contributed by atoms with Crippen LogP contribution in [0.25, 0.3) is 96.5 Å². The van der Waals surface area contributed by atoms with Gasteiger partial charge in [-0.15, -0.1) is 34.0 Å². The maximum Gasteiger partial charge on any atom is 0.291 e. The van der Waals surface area contributed by atoms with Crippen LogP contribution in [0.2, 0.25) is 51.4 Å². The first-order valence-corrected chi connectivity index (χ1v) is 51.5. The largest absolute Gasteiger partial charge is 0.360 e. The average Bonchev–Trinajstić information content (AvgIpc) is 1.56. The van der Waals surface area contributed by atoms with Gasteiger partial charge in [-0.3, -0.25) is 19.5 Å². The molecule has 2 saturated carbocycles. The second-order valence-electron chi connectivity index (χ2n) is 32.8. The summed E-state index contributed by atoms with van der Waals surface area (Å²) in [5.41, 5.74) is 13.9. The number of ether oxygens (including phenoxy) is 2. The molecule has 1 N–H and O–H groups in total. The Labute approximate surface area is 704 Å². The predicted octanol–water partition coefficient (Wildman–Crippen LogP) is 17.9. The SMILES string of the molecule is BrCCBr.Cn1c2nc(C3(c4ccccc4)CC3)sc2c2cnn(Cc3cccc4[nH]ncc34)c(=O)c21.Cn1c2nc(C3(c4ccccc4)CC3)sc2c2cnn(Cc3cccc4c3cnn4COCC[Si](C)(C)C)c(=O)c21.Cn1c2nc(Cc3ccccc3)sc2c2cnn(Cc3cccc4c3cnn4COCC[Si](C)(C)C)c(=O)c21. The molecular formula is C87H90Br2N18O5S3Si2. The fourth-order valence-corrected chi connectivity index (χ4v) is 20.9. The van der Waals surface area contributed by atoms with Crippen molar-refractivity contribution in [1.29, 1.82) is 0 Å². The van der Waals surface area contributed by atoms with Gasteiger partial charge in [0.15, 0.2) is 16.9 Å². The molecule has 20 rings (SSSR count). The van der Waals surface area contributed by atoms with E-state index in [0.29, 0.717) is 49.6 Å². The standard InChI is InChI=1S/C31H34N6O2SSi.C29H32N6O2SSi.C25H20N6OS.C2H4Br2/c1-35-26-24(27-28(35)34-30(40-27)31(13-14-31)22-10-6-5-7-11-22)18-32-36(29(26)38)19-21-9-8-12-25-23(21)17-33-37(25)20-39-15-16-41(2,3)4;1-33-26-23(27-28(33)32-25(38-27)15-20-9-6-5-7-10-20)17-30-34(29(26)36)18-21-11-8-12-24-22(21)16-31-35(24)19-37-13-14-39(2,3)4;1-30-20-18(13-27-31(23(20)32)14-15-6-5-9-19-17(15)12-26-29-19)21-22(30)28-24(33-21)25(10-11-25)16-7-3-2-4-8-16;3-1-2-4/h5-12,17-18H,13-16,19-20H2,1-4H3;5-12,16-17H,13-15,18-19H2,1-4H3;2-9,12-13H,10-11,14H2,1H3,(H,26,29);1-2H2. The molecule has 12 aromatic heterocycles. The number of alkyl halides is 2. The van der Waals surface area contributed by atoms with Crippen LogP contribution in [0.3, 0.4) is 0 Å². The Morgan fingerprint density at radius 1 is 0.427 bits per heavy atom. The smallest absolute Gasteiger partial charge is 0.291 e. The Balaban J connectivity index is 0.000000124. The van der Waals surface area contributed by atoms with Gasteiger partial charge in [0, 0.05) is 111 Å². The van der Waals surface area contributed by atoms with Gasteiger partial charge in [0.25, 0.3) is 16.7 Å². The number of hydrogen-bond acceptors (Lipinski definition) is 17. The van der Waals surface area contributed by atoms with E-state index in [-0.39, 0.29) is 27.5 Å². The molecule has 0 spiro atoms. The van der Waals surface area contributed by atoms with E-state index in [0.717, 1.165) is 180 Å². The molecule has 598 valence electrons. The molecule has 0 radical (unpaired) electrons. The molecule has 0 atom stereocenters. The number of nitrogens with zero attached hydrogens (tertiary/aromatic N) is 17. The number of aromatic amines is 1. The van der Waals surface area contributed by atoms with Crippen LogP contribution in [0.1, 0.15) is 74.1 Å². The minimum atomic E-state index is -1.14. The number of hydrogen-bond donors (Lipinski definition) is 1. The molecule has 23 nitrogen and oxygen atoms in total. The van der Waals surface area contributed by atoms with Crippen LogP contribution in [0.5, 0.6) is 0 Å². The highest BCUT2D eigenvalue weighted by atomic mass is 79.9. The highest BCUT2D eigenvalue weighted by Crippen LogP contribution is 2.57. The van der Waals surface area contributed by atoms with Crippen molar-refractivity contribution in [2.75, 3.05) is 23.9 Å². The highest BCUT2D eigenvalue weighted by Gasteiger charge is 2.50. The van der Waals surface area contributed by atoms with E-state index in [2.05, 4.69) is 180 Å². The first kappa shape index (κ1) is 79.4. The Kier molecular flexibility index (Phi) is 22.2. The lowest BCUT2D eigenvalue weighted by Crippen LogP contribution is -2.24. The molecule has 6 aromatic carbocycles. The second-order valence-corrected chi connectivity index (χ2v) is 48.7. The van der Waals surface area contributed by atoms with Crippen LogP contribution in [0.4, 0.5) is 0 Å². The Morgan fingerprint density at radius 2 is 0.803 bits per heavy atom. The lowest BCUT2D eigenvalue weighted by atomic mass is 9.97. The third-order valence-corrected chi connectivity index (χ3v) is 31.3. The number of halogens is 2. The molecule has 117 heavy (non-hydrogen) atoms. The number of fused-ring (bicyclic) bond motifs is 12. The molecule has 2 fully saturated rings. The lowest BCUT2D eigenvalue weighted by molar-refractivity contribution is 0.0816. The van der Waals surface area contributed by atoms with E-state index in [9.17, 15) is 14.4 Å². The zero-order valence-electron chi connectivity index (χ0n) is 66.8. The van der Waals surface area contributed by atoms with E-state index >= 15 is 0 Å². The third-order valence-electron chi connectivity index (χ3n) is 22.4. The van der Waals surface area contributed by atoms with Crippen LogP contribution in [-0.4, -0.2) is 128 Å². The highest BCUT2D eigenvalue weighted by molar-refractivity contribution is 9.11. The van der Waals surface area contributed by atoms with Gasteiger partial charge in [-0.05, 0) is 89.4 Å². The molecular weight excluding hydrogens is 1690 g/mol. The molecule has 2 aliphatic carbocycles. The van der Waals surface area contributed by atoms with Crippen molar-refractivity contribution < 1.29 is 9.47 Å². The number of aromatic nitrogens is 18. The van der Waals surface area contributed by atoms with Crippen molar-refractivity contribution in [2.45, 2.75) is 127 Å². The number of benzene rings is 6. The third kappa shape index (κ3) is 15.7. The number of aryl methyl sites for hydroxylation is 3. The van der Waals surface area contributed by atoms with Crippen molar-refractivity contribution in [1.82, 2.24) is 87.8 Å². The van der Waals surface area contributed by atoms with Crippen LogP contribution in [0, 0.1) is 0 Å². The maximum atomic E-state index is 13.8. The lowest BCUT2D eigenvalue weighted by Gasteiger charge is -2.15. The zero-order valence-corrected chi connectivity index (χ0v) is 74.4. The van der Waals surface area contributed by atoms with E-state index in [1.165, 1.54) is 26.1 Å². The summed E-state index contributed by atoms with van der Waals surface area (Å²) in [6.07, 6.45) is 16.2. The van der Waals surface area contributed by atoms with Crippen LogP contribution in [-0.2, 0) is 81.0 Å². The minimum Gasteiger partial charge on any atom is -0.360 e. The van der Waals surface area contributed by atoms with E-state index in [1.807, 2.05) is 142 Å². The fraction of sp³-hybridized carbons (Fsp3) is 0.310. The summed E-state index contributed by atoms with van der Waals surface area (Å²) in [5.74, 6) is 0. The topological polar surface area (TPSA) is 241 Å². The molecule has 12 heterocycles. The molecule has 0 saturated heterocycles. The fourth-order valence-electron chi connectivity index (χ4n) is 15.5. The molecule has 18 aromatic rings. The van der Waals surface area contributed by atoms with Crippen LogP contribution < -0.4 is 16.7 Å². The Hall–Kier alpha value is -10.0.